The van der Waals surface area contributed by atoms with E-state index in [0.717, 1.165) is 12.3 Å². The fourth-order valence-electron chi connectivity index (χ4n) is 4.19. The largest absolute Gasteiger partial charge is 0.493 e. The van der Waals surface area contributed by atoms with Crippen molar-refractivity contribution in [2.24, 2.45) is 17.8 Å². The monoisotopic (exact) mass is 444 g/mol. The van der Waals surface area contributed by atoms with Gasteiger partial charge in [0, 0.05) is 0 Å². The molecule has 2 aromatic rings. The molecule has 0 heterocycles. The number of carbonyl (C=O) groups is 1. The maximum atomic E-state index is 14.4. The highest BCUT2D eigenvalue weighted by Crippen LogP contribution is 2.31. The molecule has 1 saturated carbocycles. The molecule has 1 aliphatic carbocycles. The van der Waals surface area contributed by atoms with Gasteiger partial charge in [-0.1, -0.05) is 52.5 Å². The highest BCUT2D eigenvalue weighted by atomic mass is 19.2. The summed E-state index contributed by atoms with van der Waals surface area (Å²) in [4.78, 5) is 12.4. The fraction of sp³-hybridized carbons (Fsp3) is 0.519. The molecule has 0 unspecified atom stereocenters. The van der Waals surface area contributed by atoms with E-state index in [-0.39, 0.29) is 11.5 Å². The van der Waals surface area contributed by atoms with Crippen LogP contribution in [0.25, 0.3) is 0 Å². The van der Waals surface area contributed by atoms with Crippen LogP contribution < -0.4 is 9.47 Å². The van der Waals surface area contributed by atoms with Crippen LogP contribution in [-0.2, 0) is 6.42 Å². The van der Waals surface area contributed by atoms with Crippen LogP contribution in [0, 0.1) is 29.4 Å². The molecular weight excluding hydrogens is 410 g/mol. The van der Waals surface area contributed by atoms with Gasteiger partial charge >= 0.3 is 5.97 Å². The van der Waals surface area contributed by atoms with Crippen LogP contribution >= 0.6 is 0 Å². The molecule has 5 heteroatoms. The number of ether oxygens (including phenoxy) is 2. The molecule has 32 heavy (non-hydrogen) atoms. The van der Waals surface area contributed by atoms with Crippen molar-refractivity contribution in [2.75, 3.05) is 6.61 Å². The second-order valence-electron chi connectivity index (χ2n) is 9.09. The summed E-state index contributed by atoms with van der Waals surface area (Å²) in [6.07, 6.45) is 7.49. The van der Waals surface area contributed by atoms with Gasteiger partial charge in [-0.25, -0.2) is 9.18 Å². The van der Waals surface area contributed by atoms with Gasteiger partial charge in [0.25, 0.3) is 0 Å². The van der Waals surface area contributed by atoms with Gasteiger partial charge in [0.1, 0.15) is 5.75 Å². The summed E-state index contributed by atoms with van der Waals surface area (Å²) in [6, 6.07) is 9.38. The normalized spacial score (nSPS) is 19.4. The van der Waals surface area contributed by atoms with Crippen molar-refractivity contribution in [2.45, 2.75) is 65.7 Å². The van der Waals surface area contributed by atoms with E-state index in [1.165, 1.54) is 44.2 Å². The molecule has 0 spiro atoms. The van der Waals surface area contributed by atoms with Gasteiger partial charge in [0.2, 0.25) is 5.82 Å². The summed E-state index contributed by atoms with van der Waals surface area (Å²) in [5.74, 6) is -0.861. The summed E-state index contributed by atoms with van der Waals surface area (Å²) >= 11 is 0. The van der Waals surface area contributed by atoms with E-state index in [1.807, 2.05) is 13.8 Å². The lowest BCUT2D eigenvalue weighted by atomic mass is 9.81. The molecule has 0 amide bonds. The topological polar surface area (TPSA) is 35.5 Å². The van der Waals surface area contributed by atoms with Crippen LogP contribution in [0.4, 0.5) is 8.78 Å². The molecule has 0 aromatic heterocycles. The Hall–Kier alpha value is -2.43. The van der Waals surface area contributed by atoms with Crippen LogP contribution in [0.1, 0.15) is 75.2 Å². The molecule has 174 valence electrons. The second-order valence-corrected chi connectivity index (χ2v) is 9.09. The molecule has 2 aromatic carbocycles. The molecule has 1 aliphatic rings. The number of hydrogen-bond donors (Lipinski definition) is 0. The molecule has 0 radical (unpaired) electrons. The zero-order valence-electron chi connectivity index (χ0n) is 19.3. The van der Waals surface area contributed by atoms with Crippen LogP contribution in [-0.4, -0.2) is 12.6 Å². The number of rotatable bonds is 9. The Kier molecular flexibility index (Phi) is 8.66. The molecule has 0 N–H and O–H groups in total. The maximum Gasteiger partial charge on any atom is 0.343 e. The van der Waals surface area contributed by atoms with E-state index in [4.69, 9.17) is 9.47 Å². The van der Waals surface area contributed by atoms with Crippen LogP contribution in [0.3, 0.4) is 0 Å². The molecule has 0 bridgehead atoms. The van der Waals surface area contributed by atoms with Gasteiger partial charge in [-0.05, 0) is 72.9 Å². The van der Waals surface area contributed by atoms with E-state index in [2.05, 4.69) is 6.92 Å². The first kappa shape index (κ1) is 24.2. The lowest BCUT2D eigenvalue weighted by Gasteiger charge is -2.27. The Morgan fingerprint density at radius 3 is 2.25 bits per heavy atom. The summed E-state index contributed by atoms with van der Waals surface area (Å²) in [5, 5.41) is 0. The van der Waals surface area contributed by atoms with E-state index in [9.17, 15) is 13.6 Å². The van der Waals surface area contributed by atoms with E-state index >= 15 is 0 Å². The Balaban J connectivity index is 1.55. The highest BCUT2D eigenvalue weighted by Gasteiger charge is 2.21. The van der Waals surface area contributed by atoms with Crippen LogP contribution in [0.5, 0.6) is 11.5 Å². The Bertz CT molecular complexity index is 887. The molecule has 0 aliphatic heterocycles. The number of halogens is 2. The van der Waals surface area contributed by atoms with E-state index in [0.29, 0.717) is 30.3 Å². The molecule has 3 nitrogen and oxygen atoms in total. The van der Waals surface area contributed by atoms with Gasteiger partial charge in [-0.15, -0.1) is 0 Å². The van der Waals surface area contributed by atoms with Crippen molar-refractivity contribution in [1.82, 2.24) is 0 Å². The SMILES string of the molecule is CC[C@H](C)Cc1ccc(OC(=O)c2ccc(OC[C@H]3CC[C@H](CC)CC3)cc2)c(F)c1F. The quantitative estimate of drug-likeness (QED) is 0.299. The number of carbonyl (C=O) groups excluding carboxylic acids is 1. The minimum atomic E-state index is -1.13. The zero-order valence-corrected chi connectivity index (χ0v) is 19.3. The minimum absolute atomic E-state index is 0.240. The van der Waals surface area contributed by atoms with Gasteiger partial charge < -0.3 is 9.47 Å². The van der Waals surface area contributed by atoms with Crippen molar-refractivity contribution in [3.8, 4) is 11.5 Å². The third-order valence-corrected chi connectivity index (χ3v) is 6.71. The van der Waals surface area contributed by atoms with Crippen molar-refractivity contribution in [3.63, 3.8) is 0 Å². The van der Waals surface area contributed by atoms with Gasteiger partial charge in [-0.3, -0.25) is 0 Å². The van der Waals surface area contributed by atoms with Crippen molar-refractivity contribution in [3.05, 3.63) is 59.2 Å². The zero-order chi connectivity index (χ0) is 23.1. The van der Waals surface area contributed by atoms with Gasteiger partial charge in [0.15, 0.2) is 11.6 Å². The predicted octanol–water partition coefficient (Wildman–Crippen LogP) is 7.37. The molecule has 1 atom stereocenters. The van der Waals surface area contributed by atoms with Crippen molar-refractivity contribution in [1.29, 1.82) is 0 Å². The molecule has 0 saturated heterocycles. The number of esters is 1. The Morgan fingerprint density at radius 1 is 0.969 bits per heavy atom. The van der Waals surface area contributed by atoms with Crippen LogP contribution in [0.2, 0.25) is 0 Å². The number of benzene rings is 2. The van der Waals surface area contributed by atoms with E-state index < -0.39 is 23.4 Å². The average molecular weight is 445 g/mol. The smallest absolute Gasteiger partial charge is 0.343 e. The van der Waals surface area contributed by atoms with Crippen molar-refractivity contribution < 1.29 is 23.0 Å². The lowest BCUT2D eigenvalue weighted by molar-refractivity contribution is 0.0726. The second kappa shape index (κ2) is 11.4. The lowest BCUT2D eigenvalue weighted by Crippen LogP contribution is -2.19. The predicted molar refractivity (Wildman–Crippen MR) is 122 cm³/mol. The van der Waals surface area contributed by atoms with Crippen molar-refractivity contribution >= 4 is 5.97 Å². The summed E-state index contributed by atoms with van der Waals surface area (Å²) in [7, 11) is 0. The van der Waals surface area contributed by atoms with E-state index in [1.54, 1.807) is 24.3 Å². The summed E-state index contributed by atoms with van der Waals surface area (Å²) in [5.41, 5.74) is 0.547. The first-order valence-electron chi connectivity index (χ1n) is 11.8. The Labute approximate surface area is 190 Å². The van der Waals surface area contributed by atoms with Crippen LogP contribution in [0.15, 0.2) is 36.4 Å². The van der Waals surface area contributed by atoms with Gasteiger partial charge in [0.05, 0.1) is 12.2 Å². The standard InChI is InChI=1S/C27H34F2O3/c1-4-18(3)16-22-12-15-24(26(29)25(22)28)32-27(30)21-10-13-23(14-11-21)31-17-20-8-6-19(5-2)7-9-20/h10-15,18-20H,4-9,16-17H2,1-3H3/t18-,19-,20-/m0/s1. The average Bonchev–Trinajstić information content (AvgIpc) is 2.83. The first-order valence-corrected chi connectivity index (χ1v) is 11.8. The third-order valence-electron chi connectivity index (χ3n) is 6.71. The number of hydrogen-bond acceptors (Lipinski definition) is 3. The third kappa shape index (κ3) is 6.30. The summed E-state index contributed by atoms with van der Waals surface area (Å²) in [6.45, 7) is 6.91. The highest BCUT2D eigenvalue weighted by molar-refractivity contribution is 5.91. The first-order chi connectivity index (χ1) is 15.4. The summed E-state index contributed by atoms with van der Waals surface area (Å²) < 4.78 is 39.8. The maximum absolute atomic E-state index is 14.4. The molecule has 1 fully saturated rings. The Morgan fingerprint density at radius 2 is 1.62 bits per heavy atom. The molecular formula is C27H34F2O3. The van der Waals surface area contributed by atoms with Gasteiger partial charge in [-0.2, -0.15) is 4.39 Å². The fourth-order valence-corrected chi connectivity index (χ4v) is 4.19. The molecule has 3 rings (SSSR count). The minimum Gasteiger partial charge on any atom is -0.493 e.